The predicted octanol–water partition coefficient (Wildman–Crippen LogP) is 3.48. The summed E-state index contributed by atoms with van der Waals surface area (Å²) in [5.74, 6) is 0. The number of hydrogen-bond acceptors (Lipinski definition) is 2. The summed E-state index contributed by atoms with van der Waals surface area (Å²) in [5.41, 5.74) is 1.11. The molecular formula is C10H26O2. The largest absolute Gasteiger partial charge is 0.501 e. The van der Waals surface area contributed by atoms with Crippen LogP contribution in [0.2, 0.25) is 0 Å². The van der Waals surface area contributed by atoms with Gasteiger partial charge in [0.15, 0.2) is 0 Å². The highest BCUT2D eigenvalue weighted by molar-refractivity contribution is 4.92. The van der Waals surface area contributed by atoms with Gasteiger partial charge in [-0.25, -0.2) is 0 Å². The molecule has 0 atom stereocenters. The molecule has 0 amide bonds. The quantitative estimate of drug-likeness (QED) is 0.614. The lowest BCUT2D eigenvalue weighted by Crippen LogP contribution is -1.90. The minimum Gasteiger partial charge on any atom is -0.501 e. The summed E-state index contributed by atoms with van der Waals surface area (Å²) in [5, 5.41) is 0. The van der Waals surface area contributed by atoms with Gasteiger partial charge in [0.25, 0.3) is 0 Å². The van der Waals surface area contributed by atoms with Crippen molar-refractivity contribution in [2.75, 3.05) is 20.3 Å². The molecule has 0 unspecified atom stereocenters. The molecule has 0 aliphatic carbocycles. The third kappa shape index (κ3) is 16.2. The highest BCUT2D eigenvalue weighted by atomic mass is 16.5. The van der Waals surface area contributed by atoms with Gasteiger partial charge in [0.2, 0.25) is 0 Å². The lowest BCUT2D eigenvalue weighted by Gasteiger charge is -1.98. The van der Waals surface area contributed by atoms with Gasteiger partial charge in [-0.3, -0.25) is 0 Å². The average Bonchev–Trinajstić information content (AvgIpc) is 1.85. The molecule has 0 N–H and O–H groups in total. The Morgan fingerprint density at radius 1 is 1.25 bits per heavy atom. The molecule has 78 valence electrons. The Hall–Kier alpha value is -0.500. The molecule has 0 spiro atoms. The van der Waals surface area contributed by atoms with E-state index >= 15 is 0 Å². The van der Waals surface area contributed by atoms with E-state index in [2.05, 4.69) is 0 Å². The van der Waals surface area contributed by atoms with E-state index in [0.29, 0.717) is 6.61 Å². The molecule has 12 heavy (non-hydrogen) atoms. The first-order chi connectivity index (χ1) is 4.31. The minimum absolute atomic E-state index is 0. The summed E-state index contributed by atoms with van der Waals surface area (Å²) < 4.78 is 9.86. The van der Waals surface area contributed by atoms with Crippen molar-refractivity contribution in [3.05, 3.63) is 11.8 Å². The van der Waals surface area contributed by atoms with E-state index in [0.717, 1.165) is 12.2 Å². The summed E-state index contributed by atoms with van der Waals surface area (Å²) >= 11 is 0. The fourth-order valence-corrected chi connectivity index (χ4v) is 0.487. The SMILES string of the molecule is C.C.C.CCO/C=C(/C)COC. The second-order valence-corrected chi connectivity index (χ2v) is 1.85. The smallest absolute Gasteiger partial charge is 0.0845 e. The molecule has 0 bridgehead atoms. The Morgan fingerprint density at radius 2 is 1.75 bits per heavy atom. The molecular weight excluding hydrogens is 152 g/mol. The highest BCUT2D eigenvalue weighted by Crippen LogP contribution is 1.91. The molecule has 0 radical (unpaired) electrons. The van der Waals surface area contributed by atoms with Crippen LogP contribution in [0.15, 0.2) is 11.8 Å². The molecule has 0 aromatic rings. The van der Waals surface area contributed by atoms with E-state index in [1.54, 1.807) is 13.4 Å². The molecule has 0 rings (SSSR count). The third-order valence-electron chi connectivity index (χ3n) is 0.823. The van der Waals surface area contributed by atoms with E-state index in [9.17, 15) is 0 Å². The number of ether oxygens (including phenoxy) is 2. The van der Waals surface area contributed by atoms with Crippen molar-refractivity contribution in [2.24, 2.45) is 0 Å². The van der Waals surface area contributed by atoms with Crippen molar-refractivity contribution in [1.29, 1.82) is 0 Å². The second kappa shape index (κ2) is 16.8. The van der Waals surface area contributed by atoms with Gasteiger partial charge >= 0.3 is 0 Å². The Labute approximate surface area is 78.6 Å². The van der Waals surface area contributed by atoms with Crippen LogP contribution in [0.4, 0.5) is 0 Å². The number of methoxy groups -OCH3 is 1. The molecule has 0 saturated heterocycles. The van der Waals surface area contributed by atoms with Crippen LogP contribution in [0, 0.1) is 0 Å². The normalized spacial score (nSPS) is 8.75. The van der Waals surface area contributed by atoms with Crippen LogP contribution in [-0.2, 0) is 9.47 Å². The van der Waals surface area contributed by atoms with Crippen molar-refractivity contribution in [2.45, 2.75) is 36.1 Å². The van der Waals surface area contributed by atoms with Crippen LogP contribution in [0.5, 0.6) is 0 Å². The molecule has 0 fully saturated rings. The van der Waals surface area contributed by atoms with Crippen LogP contribution in [0.1, 0.15) is 36.1 Å². The van der Waals surface area contributed by atoms with Crippen LogP contribution in [0.3, 0.4) is 0 Å². The summed E-state index contributed by atoms with van der Waals surface area (Å²) in [7, 11) is 1.67. The maximum absolute atomic E-state index is 5.01. The summed E-state index contributed by atoms with van der Waals surface area (Å²) in [6.45, 7) is 5.30. The Bertz CT molecular complexity index is 87.8. The zero-order valence-corrected chi connectivity index (χ0v) is 6.31. The van der Waals surface area contributed by atoms with Crippen LogP contribution in [0.25, 0.3) is 0 Å². The zero-order chi connectivity index (χ0) is 7.11. The molecule has 0 aliphatic rings. The van der Waals surface area contributed by atoms with Crippen molar-refractivity contribution in [3.63, 3.8) is 0 Å². The van der Waals surface area contributed by atoms with Gasteiger partial charge in [-0.1, -0.05) is 22.3 Å². The van der Waals surface area contributed by atoms with Gasteiger partial charge in [-0.05, 0) is 19.4 Å². The first kappa shape index (κ1) is 22.5. The van der Waals surface area contributed by atoms with Gasteiger partial charge in [0, 0.05) is 7.11 Å². The molecule has 2 heteroatoms. The maximum Gasteiger partial charge on any atom is 0.0845 e. The minimum atomic E-state index is 0. The molecule has 2 nitrogen and oxygen atoms in total. The fraction of sp³-hybridized carbons (Fsp3) is 0.800. The van der Waals surface area contributed by atoms with Crippen molar-refractivity contribution >= 4 is 0 Å². The lowest BCUT2D eigenvalue weighted by molar-refractivity contribution is 0.213. The predicted molar refractivity (Wildman–Crippen MR) is 57.5 cm³/mol. The van der Waals surface area contributed by atoms with Crippen molar-refractivity contribution in [3.8, 4) is 0 Å². The maximum atomic E-state index is 5.01. The molecule has 0 aliphatic heterocycles. The van der Waals surface area contributed by atoms with E-state index in [1.165, 1.54) is 0 Å². The summed E-state index contributed by atoms with van der Waals surface area (Å²) in [6, 6.07) is 0. The summed E-state index contributed by atoms with van der Waals surface area (Å²) in [6.07, 6.45) is 1.73. The Balaban J connectivity index is -0.000000107. The zero-order valence-electron chi connectivity index (χ0n) is 6.31. The first-order valence-electron chi connectivity index (χ1n) is 3.07. The van der Waals surface area contributed by atoms with Gasteiger partial charge < -0.3 is 9.47 Å². The Kier molecular flexibility index (Phi) is 31.6. The van der Waals surface area contributed by atoms with E-state index in [4.69, 9.17) is 9.47 Å². The topological polar surface area (TPSA) is 18.5 Å². The van der Waals surface area contributed by atoms with Crippen LogP contribution >= 0.6 is 0 Å². The monoisotopic (exact) mass is 178 g/mol. The number of hydrogen-bond donors (Lipinski definition) is 0. The number of rotatable bonds is 4. The standard InChI is InChI=1S/C7H14O2.3CH4/c1-4-9-6-7(2)5-8-3;;;/h6H,4-5H2,1-3H3;3*1H4/b7-6-;;;. The van der Waals surface area contributed by atoms with E-state index in [-0.39, 0.29) is 22.3 Å². The summed E-state index contributed by atoms with van der Waals surface area (Å²) in [4.78, 5) is 0. The van der Waals surface area contributed by atoms with E-state index in [1.807, 2.05) is 13.8 Å². The Morgan fingerprint density at radius 3 is 2.08 bits per heavy atom. The third-order valence-corrected chi connectivity index (χ3v) is 0.823. The highest BCUT2D eigenvalue weighted by Gasteiger charge is 1.84. The van der Waals surface area contributed by atoms with Crippen molar-refractivity contribution in [1.82, 2.24) is 0 Å². The lowest BCUT2D eigenvalue weighted by atomic mass is 10.4. The van der Waals surface area contributed by atoms with Crippen LogP contribution < -0.4 is 0 Å². The average molecular weight is 178 g/mol. The molecule has 0 saturated carbocycles. The van der Waals surface area contributed by atoms with Crippen LogP contribution in [-0.4, -0.2) is 20.3 Å². The van der Waals surface area contributed by atoms with Gasteiger partial charge in [-0.15, -0.1) is 0 Å². The first-order valence-corrected chi connectivity index (χ1v) is 3.07. The van der Waals surface area contributed by atoms with Crippen molar-refractivity contribution < 1.29 is 9.47 Å². The van der Waals surface area contributed by atoms with Gasteiger partial charge in [0.05, 0.1) is 19.5 Å². The molecule has 0 heterocycles. The van der Waals surface area contributed by atoms with Gasteiger partial charge in [-0.2, -0.15) is 0 Å². The second-order valence-electron chi connectivity index (χ2n) is 1.85. The van der Waals surface area contributed by atoms with E-state index < -0.39 is 0 Å². The molecule has 0 aromatic carbocycles. The van der Waals surface area contributed by atoms with Gasteiger partial charge in [0.1, 0.15) is 0 Å². The fourth-order valence-electron chi connectivity index (χ4n) is 0.487. The molecule has 0 aromatic heterocycles.